The molecule has 146 valence electrons. The van der Waals surface area contributed by atoms with Crippen LogP contribution in [-0.4, -0.2) is 54.3 Å². The quantitative estimate of drug-likeness (QED) is 0.729. The first-order valence-electron chi connectivity index (χ1n) is 8.75. The predicted octanol–water partition coefficient (Wildman–Crippen LogP) is 2.58. The monoisotopic (exact) mass is 389 g/mol. The smallest absolute Gasteiger partial charge is 0.256 e. The zero-order valence-corrected chi connectivity index (χ0v) is 15.6. The Hall–Kier alpha value is -1.73. The molecule has 0 saturated carbocycles. The lowest BCUT2D eigenvalue weighted by Crippen LogP contribution is -2.50. The maximum absolute atomic E-state index is 13.7. The van der Waals surface area contributed by atoms with Gasteiger partial charge in [0.25, 0.3) is 5.91 Å². The lowest BCUT2D eigenvalue weighted by atomic mass is 10.1. The van der Waals surface area contributed by atoms with Gasteiger partial charge in [-0.25, -0.2) is 8.78 Å². The van der Waals surface area contributed by atoms with Crippen LogP contribution in [0.3, 0.4) is 0 Å². The van der Waals surface area contributed by atoms with Crippen LogP contribution in [0.5, 0.6) is 0 Å². The fourth-order valence-electron chi connectivity index (χ4n) is 2.92. The molecule has 1 aromatic carbocycles. The first kappa shape index (κ1) is 22.3. The van der Waals surface area contributed by atoms with Crippen LogP contribution in [0.25, 0.3) is 0 Å². The van der Waals surface area contributed by atoms with Gasteiger partial charge in [0, 0.05) is 38.7 Å². The minimum atomic E-state index is -0.860. The fourth-order valence-corrected chi connectivity index (χ4v) is 2.92. The number of hydrogen-bond donors (Lipinski definition) is 1. The van der Waals surface area contributed by atoms with Crippen molar-refractivity contribution in [3.63, 3.8) is 0 Å². The van der Waals surface area contributed by atoms with Gasteiger partial charge in [-0.1, -0.05) is 12.8 Å². The lowest BCUT2D eigenvalue weighted by molar-refractivity contribution is -0.132. The van der Waals surface area contributed by atoms with Gasteiger partial charge in [0.15, 0.2) is 0 Å². The minimum Gasteiger partial charge on any atom is -0.339 e. The molecule has 2 N–H and O–H groups in total. The van der Waals surface area contributed by atoms with Crippen molar-refractivity contribution in [2.75, 3.05) is 32.7 Å². The van der Waals surface area contributed by atoms with Crippen molar-refractivity contribution < 1.29 is 18.4 Å². The molecule has 1 saturated heterocycles. The average molecular weight is 390 g/mol. The van der Waals surface area contributed by atoms with Gasteiger partial charge in [-0.2, -0.15) is 0 Å². The van der Waals surface area contributed by atoms with Crippen LogP contribution < -0.4 is 5.73 Å². The second kappa shape index (κ2) is 11.1. The van der Waals surface area contributed by atoms with Gasteiger partial charge in [0.05, 0.1) is 5.56 Å². The molecule has 2 rings (SSSR count). The predicted molar refractivity (Wildman–Crippen MR) is 98.2 cm³/mol. The second-order valence-electron chi connectivity index (χ2n) is 6.25. The van der Waals surface area contributed by atoms with Crippen LogP contribution in [0.4, 0.5) is 8.78 Å². The molecule has 1 aromatic rings. The Morgan fingerprint density at radius 3 is 2.19 bits per heavy atom. The van der Waals surface area contributed by atoms with Crippen molar-refractivity contribution in [3.8, 4) is 0 Å². The molecule has 0 aliphatic carbocycles. The van der Waals surface area contributed by atoms with Gasteiger partial charge < -0.3 is 15.5 Å². The Kier molecular flexibility index (Phi) is 9.51. The van der Waals surface area contributed by atoms with E-state index < -0.39 is 17.5 Å². The summed E-state index contributed by atoms with van der Waals surface area (Å²) in [6, 6.07) is 2.93. The van der Waals surface area contributed by atoms with Gasteiger partial charge in [0.1, 0.15) is 11.6 Å². The molecular weight excluding hydrogens is 364 g/mol. The van der Waals surface area contributed by atoms with E-state index >= 15 is 0 Å². The first-order valence-corrected chi connectivity index (χ1v) is 8.75. The third kappa shape index (κ3) is 6.21. The molecule has 0 aromatic heterocycles. The van der Waals surface area contributed by atoms with Crippen molar-refractivity contribution in [3.05, 3.63) is 35.4 Å². The zero-order chi connectivity index (χ0) is 18.2. The Balaban J connectivity index is 0.00000338. The number of carbonyl (C=O) groups is 2. The van der Waals surface area contributed by atoms with E-state index in [9.17, 15) is 18.4 Å². The highest BCUT2D eigenvalue weighted by molar-refractivity contribution is 5.94. The van der Waals surface area contributed by atoms with E-state index in [4.69, 9.17) is 5.73 Å². The second-order valence-corrected chi connectivity index (χ2v) is 6.25. The fraction of sp³-hybridized carbons (Fsp3) is 0.556. The summed E-state index contributed by atoms with van der Waals surface area (Å²) in [5.74, 6) is -1.95. The molecule has 0 spiro atoms. The number of unbranched alkanes of at least 4 members (excludes halogenated alkanes) is 3. The maximum Gasteiger partial charge on any atom is 0.256 e. The molecule has 1 aliphatic rings. The van der Waals surface area contributed by atoms with Crippen LogP contribution >= 0.6 is 12.4 Å². The van der Waals surface area contributed by atoms with E-state index in [1.165, 1.54) is 4.90 Å². The van der Waals surface area contributed by atoms with Crippen molar-refractivity contribution in [1.29, 1.82) is 0 Å². The zero-order valence-electron chi connectivity index (χ0n) is 14.8. The number of nitrogens with zero attached hydrogens (tertiary/aromatic N) is 2. The molecule has 0 unspecified atom stereocenters. The number of amides is 2. The number of halogens is 3. The summed E-state index contributed by atoms with van der Waals surface area (Å²) in [6.07, 6.45) is 4.36. The highest BCUT2D eigenvalue weighted by atomic mass is 35.5. The van der Waals surface area contributed by atoms with Crippen LogP contribution in [-0.2, 0) is 4.79 Å². The molecule has 26 heavy (non-hydrogen) atoms. The van der Waals surface area contributed by atoms with Crippen LogP contribution in [0.15, 0.2) is 18.2 Å². The molecule has 0 radical (unpaired) electrons. The SMILES string of the molecule is Cl.NCCCCCCC(=O)N1CCN(C(=O)c2ccc(F)cc2F)CC1. The van der Waals surface area contributed by atoms with Gasteiger partial charge in [0.2, 0.25) is 5.91 Å². The summed E-state index contributed by atoms with van der Waals surface area (Å²) in [7, 11) is 0. The van der Waals surface area contributed by atoms with E-state index in [1.807, 2.05) is 0 Å². The molecule has 2 amide bonds. The lowest BCUT2D eigenvalue weighted by Gasteiger charge is -2.35. The van der Waals surface area contributed by atoms with Gasteiger partial charge in [-0.05, 0) is 31.5 Å². The number of piperazine rings is 1. The number of hydrogen-bond acceptors (Lipinski definition) is 3. The minimum absolute atomic E-state index is 0. The van der Waals surface area contributed by atoms with Crippen LogP contribution in [0.1, 0.15) is 42.5 Å². The molecule has 8 heteroatoms. The van der Waals surface area contributed by atoms with Gasteiger partial charge in [-0.3, -0.25) is 9.59 Å². The maximum atomic E-state index is 13.7. The van der Waals surface area contributed by atoms with E-state index in [-0.39, 0.29) is 23.9 Å². The molecule has 1 aliphatic heterocycles. The third-order valence-electron chi connectivity index (χ3n) is 4.43. The van der Waals surface area contributed by atoms with Gasteiger partial charge >= 0.3 is 0 Å². The Labute approximate surface area is 158 Å². The van der Waals surface area contributed by atoms with Crippen molar-refractivity contribution in [2.45, 2.75) is 32.1 Å². The topological polar surface area (TPSA) is 66.6 Å². The summed E-state index contributed by atoms with van der Waals surface area (Å²) in [4.78, 5) is 27.7. The molecule has 0 bridgehead atoms. The normalized spacial score (nSPS) is 14.1. The van der Waals surface area contributed by atoms with E-state index in [0.29, 0.717) is 45.2 Å². The molecule has 5 nitrogen and oxygen atoms in total. The Morgan fingerprint density at radius 2 is 1.58 bits per heavy atom. The Bertz CT molecular complexity index is 608. The van der Waals surface area contributed by atoms with E-state index in [2.05, 4.69) is 0 Å². The molecule has 1 fully saturated rings. The summed E-state index contributed by atoms with van der Waals surface area (Å²) < 4.78 is 26.7. The summed E-state index contributed by atoms with van der Waals surface area (Å²) in [5.41, 5.74) is 5.30. The Morgan fingerprint density at radius 1 is 0.962 bits per heavy atom. The van der Waals surface area contributed by atoms with Crippen molar-refractivity contribution in [2.24, 2.45) is 5.73 Å². The van der Waals surface area contributed by atoms with Gasteiger partial charge in [-0.15, -0.1) is 12.4 Å². The first-order chi connectivity index (χ1) is 12.0. The summed E-state index contributed by atoms with van der Waals surface area (Å²) >= 11 is 0. The number of carbonyl (C=O) groups excluding carboxylic acids is 2. The standard InChI is InChI=1S/C18H25F2N3O2.ClH/c19-14-6-7-15(16(20)13-14)18(25)23-11-9-22(10-12-23)17(24)5-3-1-2-4-8-21;/h6-7,13H,1-5,8-12,21H2;1H. The average Bonchev–Trinajstić information content (AvgIpc) is 2.61. The van der Waals surface area contributed by atoms with Crippen molar-refractivity contribution in [1.82, 2.24) is 9.80 Å². The van der Waals surface area contributed by atoms with Crippen LogP contribution in [0, 0.1) is 11.6 Å². The number of rotatable bonds is 7. The molecule has 1 heterocycles. The summed E-state index contributed by atoms with van der Waals surface area (Å²) in [6.45, 7) is 2.27. The summed E-state index contributed by atoms with van der Waals surface area (Å²) in [5, 5.41) is 0. The highest BCUT2D eigenvalue weighted by Crippen LogP contribution is 2.15. The number of benzene rings is 1. The van der Waals surface area contributed by atoms with E-state index in [1.54, 1.807) is 4.90 Å². The third-order valence-corrected chi connectivity index (χ3v) is 4.43. The highest BCUT2D eigenvalue weighted by Gasteiger charge is 2.26. The number of nitrogens with two attached hydrogens (primary N) is 1. The van der Waals surface area contributed by atoms with Crippen molar-refractivity contribution >= 4 is 24.2 Å². The van der Waals surface area contributed by atoms with E-state index in [0.717, 1.165) is 37.8 Å². The molecular formula is C18H26ClF2N3O2. The van der Waals surface area contributed by atoms with Crippen LogP contribution in [0.2, 0.25) is 0 Å². The largest absolute Gasteiger partial charge is 0.339 e. The molecule has 0 atom stereocenters.